The van der Waals surface area contributed by atoms with Crippen molar-refractivity contribution in [2.75, 3.05) is 27.2 Å². The van der Waals surface area contributed by atoms with Gasteiger partial charge in [-0.1, -0.05) is 11.6 Å². The summed E-state index contributed by atoms with van der Waals surface area (Å²) in [5.41, 5.74) is 0.733. The van der Waals surface area contributed by atoms with Crippen LogP contribution in [0.3, 0.4) is 0 Å². The van der Waals surface area contributed by atoms with Gasteiger partial charge in [0.2, 0.25) is 0 Å². The van der Waals surface area contributed by atoms with Crippen LogP contribution < -0.4 is 5.32 Å². The Balaban J connectivity index is 2.50. The summed E-state index contributed by atoms with van der Waals surface area (Å²) in [6.07, 6.45) is 1.00. The van der Waals surface area contributed by atoms with Crippen molar-refractivity contribution in [3.63, 3.8) is 0 Å². The molecule has 0 aromatic heterocycles. The third-order valence-electron chi connectivity index (χ3n) is 2.51. The van der Waals surface area contributed by atoms with E-state index < -0.39 is 0 Å². The molecule has 1 rings (SSSR count). The van der Waals surface area contributed by atoms with Crippen molar-refractivity contribution in [3.05, 3.63) is 38.9 Å². The molecule has 100 valence electrons. The molecule has 0 atom stereocenters. The van der Waals surface area contributed by atoms with Gasteiger partial charge < -0.3 is 10.2 Å². The number of nitrogens with zero attached hydrogens (tertiary/aromatic N) is 2. The first-order valence-corrected chi connectivity index (χ1v) is 6.17. The number of halogens is 1. The molecule has 0 aliphatic rings. The number of rotatable bonds is 7. The van der Waals surface area contributed by atoms with Gasteiger partial charge in [-0.25, -0.2) is 0 Å². The van der Waals surface area contributed by atoms with E-state index in [0.717, 1.165) is 19.5 Å². The van der Waals surface area contributed by atoms with Gasteiger partial charge in [-0.3, -0.25) is 10.1 Å². The molecule has 1 aromatic carbocycles. The van der Waals surface area contributed by atoms with Gasteiger partial charge in [-0.2, -0.15) is 0 Å². The molecule has 0 unspecified atom stereocenters. The van der Waals surface area contributed by atoms with E-state index in [9.17, 15) is 10.1 Å². The predicted octanol–water partition coefficient (Wildman–Crippen LogP) is 2.29. The standard InChI is InChI=1S/C12H18ClN3O2/c1-15(2)7-3-6-14-9-10-8-11(13)4-5-12(10)16(17)18/h4-5,8,14H,3,6-7,9H2,1-2H3. The molecular formula is C12H18ClN3O2. The van der Waals surface area contributed by atoms with Gasteiger partial charge in [0.15, 0.2) is 0 Å². The van der Waals surface area contributed by atoms with Gasteiger partial charge in [-0.05, 0) is 45.7 Å². The van der Waals surface area contributed by atoms with Crippen LogP contribution in [0.15, 0.2) is 18.2 Å². The molecule has 0 radical (unpaired) electrons. The molecule has 0 saturated heterocycles. The number of nitro benzene ring substituents is 1. The van der Waals surface area contributed by atoms with Crippen molar-refractivity contribution in [2.45, 2.75) is 13.0 Å². The normalized spacial score (nSPS) is 10.9. The second-order valence-electron chi connectivity index (χ2n) is 4.36. The van der Waals surface area contributed by atoms with E-state index in [-0.39, 0.29) is 10.6 Å². The fourth-order valence-electron chi connectivity index (χ4n) is 1.62. The molecule has 0 fully saturated rings. The fourth-order valence-corrected chi connectivity index (χ4v) is 1.81. The summed E-state index contributed by atoms with van der Waals surface area (Å²) in [6.45, 7) is 2.27. The summed E-state index contributed by atoms with van der Waals surface area (Å²) in [6, 6.07) is 4.62. The van der Waals surface area contributed by atoms with Crippen LogP contribution in [0.4, 0.5) is 5.69 Å². The second-order valence-corrected chi connectivity index (χ2v) is 4.80. The Labute approximate surface area is 112 Å². The Morgan fingerprint density at radius 3 is 2.78 bits per heavy atom. The van der Waals surface area contributed by atoms with Gasteiger partial charge >= 0.3 is 0 Å². The van der Waals surface area contributed by atoms with Gasteiger partial charge in [0, 0.05) is 23.2 Å². The molecular weight excluding hydrogens is 254 g/mol. The highest BCUT2D eigenvalue weighted by Crippen LogP contribution is 2.22. The summed E-state index contributed by atoms with van der Waals surface area (Å²) >= 11 is 5.85. The van der Waals surface area contributed by atoms with Crippen LogP contribution in [0.1, 0.15) is 12.0 Å². The van der Waals surface area contributed by atoms with Gasteiger partial charge in [-0.15, -0.1) is 0 Å². The molecule has 6 heteroatoms. The van der Waals surface area contributed by atoms with E-state index >= 15 is 0 Å². The molecule has 0 bridgehead atoms. The van der Waals surface area contributed by atoms with Gasteiger partial charge in [0.05, 0.1) is 4.92 Å². The largest absolute Gasteiger partial charge is 0.312 e. The Bertz CT molecular complexity index is 410. The summed E-state index contributed by atoms with van der Waals surface area (Å²) in [5.74, 6) is 0. The van der Waals surface area contributed by atoms with Crippen LogP contribution in [-0.4, -0.2) is 37.0 Å². The topological polar surface area (TPSA) is 58.4 Å². The average Bonchev–Trinajstić information content (AvgIpc) is 2.27. The first-order valence-electron chi connectivity index (χ1n) is 5.79. The minimum Gasteiger partial charge on any atom is -0.312 e. The second kappa shape index (κ2) is 7.31. The zero-order valence-electron chi connectivity index (χ0n) is 10.6. The molecule has 1 N–H and O–H groups in total. The Morgan fingerprint density at radius 1 is 1.44 bits per heavy atom. The molecule has 5 nitrogen and oxygen atoms in total. The minimum atomic E-state index is -0.382. The highest BCUT2D eigenvalue weighted by atomic mass is 35.5. The van der Waals surface area contributed by atoms with Crippen LogP contribution in [-0.2, 0) is 6.54 Å². The number of hydrogen-bond acceptors (Lipinski definition) is 4. The number of hydrogen-bond donors (Lipinski definition) is 1. The maximum Gasteiger partial charge on any atom is 0.273 e. The lowest BCUT2D eigenvalue weighted by Gasteiger charge is -2.10. The van der Waals surface area contributed by atoms with Crippen LogP contribution >= 0.6 is 11.6 Å². The van der Waals surface area contributed by atoms with E-state index in [0.29, 0.717) is 17.1 Å². The summed E-state index contributed by atoms with van der Waals surface area (Å²) in [7, 11) is 4.03. The van der Waals surface area contributed by atoms with Crippen LogP contribution in [0, 0.1) is 10.1 Å². The molecule has 1 aromatic rings. The SMILES string of the molecule is CN(C)CCCNCc1cc(Cl)ccc1[N+](=O)[O-]. The minimum absolute atomic E-state index is 0.111. The van der Waals surface area contributed by atoms with E-state index in [1.807, 2.05) is 14.1 Å². The van der Waals surface area contributed by atoms with Crippen LogP contribution in [0.2, 0.25) is 5.02 Å². The van der Waals surface area contributed by atoms with E-state index in [4.69, 9.17) is 11.6 Å². The first-order chi connectivity index (χ1) is 8.50. The zero-order chi connectivity index (χ0) is 13.5. The van der Waals surface area contributed by atoms with Crippen molar-refractivity contribution in [2.24, 2.45) is 0 Å². The molecule has 0 aliphatic heterocycles. The van der Waals surface area contributed by atoms with Gasteiger partial charge in [0.25, 0.3) is 5.69 Å². The van der Waals surface area contributed by atoms with Crippen molar-refractivity contribution >= 4 is 17.3 Å². The maximum absolute atomic E-state index is 10.8. The highest BCUT2D eigenvalue weighted by Gasteiger charge is 2.12. The Morgan fingerprint density at radius 2 is 2.17 bits per heavy atom. The predicted molar refractivity (Wildman–Crippen MR) is 73.0 cm³/mol. The number of nitrogens with one attached hydrogen (secondary N) is 1. The quantitative estimate of drug-likeness (QED) is 0.470. The lowest BCUT2D eigenvalue weighted by Crippen LogP contribution is -2.21. The van der Waals surface area contributed by atoms with E-state index in [2.05, 4.69) is 10.2 Å². The lowest BCUT2D eigenvalue weighted by molar-refractivity contribution is -0.385. The third-order valence-corrected chi connectivity index (χ3v) is 2.75. The Kier molecular flexibility index (Phi) is 6.04. The summed E-state index contributed by atoms with van der Waals surface area (Å²) in [5, 5.41) is 14.5. The first kappa shape index (κ1) is 14.9. The number of benzene rings is 1. The maximum atomic E-state index is 10.8. The monoisotopic (exact) mass is 271 g/mol. The molecule has 0 amide bonds. The van der Waals surface area contributed by atoms with E-state index in [1.165, 1.54) is 12.1 Å². The molecule has 18 heavy (non-hydrogen) atoms. The average molecular weight is 272 g/mol. The van der Waals surface area contributed by atoms with Crippen molar-refractivity contribution < 1.29 is 4.92 Å². The van der Waals surface area contributed by atoms with Gasteiger partial charge in [0.1, 0.15) is 0 Å². The van der Waals surface area contributed by atoms with Crippen LogP contribution in [0.5, 0.6) is 0 Å². The summed E-state index contributed by atoms with van der Waals surface area (Å²) < 4.78 is 0. The van der Waals surface area contributed by atoms with Crippen molar-refractivity contribution in [1.82, 2.24) is 10.2 Å². The number of nitro groups is 1. The lowest BCUT2D eigenvalue weighted by atomic mass is 10.2. The molecule has 0 spiro atoms. The molecule has 0 heterocycles. The molecule has 0 saturated carbocycles. The summed E-state index contributed by atoms with van der Waals surface area (Å²) in [4.78, 5) is 12.6. The fraction of sp³-hybridized carbons (Fsp3) is 0.500. The third kappa shape index (κ3) is 5.00. The highest BCUT2D eigenvalue weighted by molar-refractivity contribution is 6.30. The molecule has 0 aliphatic carbocycles. The smallest absolute Gasteiger partial charge is 0.273 e. The van der Waals surface area contributed by atoms with Crippen LogP contribution in [0.25, 0.3) is 0 Å². The zero-order valence-corrected chi connectivity index (χ0v) is 11.4. The van der Waals surface area contributed by atoms with Crippen molar-refractivity contribution in [1.29, 1.82) is 0 Å². The Hall–Kier alpha value is -1.17. The van der Waals surface area contributed by atoms with Crippen molar-refractivity contribution in [3.8, 4) is 0 Å². The van der Waals surface area contributed by atoms with E-state index in [1.54, 1.807) is 6.07 Å².